The second-order valence-electron chi connectivity index (χ2n) is 2.78. The summed E-state index contributed by atoms with van der Waals surface area (Å²) in [6.07, 6.45) is -2.40. The highest BCUT2D eigenvalue weighted by Crippen LogP contribution is 2.08. The molecule has 0 aromatic carbocycles. The summed E-state index contributed by atoms with van der Waals surface area (Å²) >= 11 is 0. The van der Waals surface area contributed by atoms with Crippen LogP contribution in [0.1, 0.15) is 16.3 Å². The van der Waals surface area contributed by atoms with Crippen LogP contribution >= 0.6 is 0 Å². The summed E-state index contributed by atoms with van der Waals surface area (Å²) in [4.78, 5) is 11.0. The number of ether oxygens (including phenoxy) is 1. The van der Waals surface area contributed by atoms with E-state index in [0.29, 0.717) is 5.76 Å². The van der Waals surface area contributed by atoms with E-state index in [4.69, 9.17) is 4.42 Å². The van der Waals surface area contributed by atoms with Crippen molar-refractivity contribution >= 4 is 5.97 Å². The summed E-state index contributed by atoms with van der Waals surface area (Å²) in [5.74, 6) is -0.113. The highest BCUT2D eigenvalue weighted by Gasteiger charge is 2.11. The molecule has 0 aliphatic carbocycles. The molecule has 15 heavy (non-hydrogen) atoms. The zero-order valence-corrected chi connectivity index (χ0v) is 8.13. The third-order valence-corrected chi connectivity index (χ3v) is 1.65. The molecule has 6 heteroatoms. The van der Waals surface area contributed by atoms with Gasteiger partial charge in [0.25, 0.3) is 6.43 Å². The second kappa shape index (κ2) is 5.45. The van der Waals surface area contributed by atoms with Gasteiger partial charge >= 0.3 is 5.97 Å². The van der Waals surface area contributed by atoms with Crippen LogP contribution in [-0.2, 0) is 11.3 Å². The fourth-order valence-electron chi connectivity index (χ4n) is 0.988. The van der Waals surface area contributed by atoms with Gasteiger partial charge in [-0.3, -0.25) is 0 Å². The van der Waals surface area contributed by atoms with E-state index in [9.17, 15) is 13.6 Å². The van der Waals surface area contributed by atoms with Gasteiger partial charge in [0, 0.05) is 0 Å². The molecule has 0 saturated carbocycles. The predicted molar refractivity (Wildman–Crippen MR) is 47.8 cm³/mol. The Balaban J connectivity index is 2.43. The molecule has 0 spiro atoms. The van der Waals surface area contributed by atoms with Gasteiger partial charge in [-0.1, -0.05) is 0 Å². The van der Waals surface area contributed by atoms with Crippen LogP contribution in [0, 0.1) is 0 Å². The van der Waals surface area contributed by atoms with Gasteiger partial charge < -0.3 is 14.5 Å². The van der Waals surface area contributed by atoms with Crippen molar-refractivity contribution < 1.29 is 22.7 Å². The zero-order chi connectivity index (χ0) is 11.3. The summed E-state index contributed by atoms with van der Waals surface area (Å²) in [6, 6.07) is 2.97. The highest BCUT2D eigenvalue weighted by molar-refractivity contribution is 5.86. The number of hydrogen-bond acceptors (Lipinski definition) is 4. The van der Waals surface area contributed by atoms with Crippen molar-refractivity contribution in [3.8, 4) is 0 Å². The van der Waals surface area contributed by atoms with Crippen LogP contribution in [0.5, 0.6) is 0 Å². The predicted octanol–water partition coefficient (Wildman–Crippen LogP) is 1.42. The van der Waals surface area contributed by atoms with Crippen LogP contribution in [-0.4, -0.2) is 26.0 Å². The standard InChI is InChI=1S/C9H11F2NO3/c1-14-9(13)7-3-2-6(15-7)4-12-5-8(10)11/h2-3,8,12H,4-5H2,1H3. The number of esters is 1. The summed E-state index contributed by atoms with van der Waals surface area (Å²) in [6.45, 7) is -0.254. The fourth-order valence-corrected chi connectivity index (χ4v) is 0.988. The number of carbonyl (C=O) groups excluding carboxylic acids is 1. The first-order chi connectivity index (χ1) is 7.13. The largest absolute Gasteiger partial charge is 0.463 e. The molecule has 0 bridgehead atoms. The van der Waals surface area contributed by atoms with E-state index in [1.165, 1.54) is 19.2 Å². The van der Waals surface area contributed by atoms with Crippen molar-refractivity contribution in [1.29, 1.82) is 0 Å². The van der Waals surface area contributed by atoms with Gasteiger partial charge in [0.05, 0.1) is 20.2 Å². The maximum atomic E-state index is 11.8. The molecule has 1 rings (SSSR count). The van der Waals surface area contributed by atoms with Crippen LogP contribution in [0.3, 0.4) is 0 Å². The van der Waals surface area contributed by atoms with Gasteiger partial charge in [0.1, 0.15) is 5.76 Å². The van der Waals surface area contributed by atoms with Crippen LogP contribution in [0.2, 0.25) is 0 Å². The first-order valence-corrected chi connectivity index (χ1v) is 4.29. The molecule has 0 atom stereocenters. The number of rotatable bonds is 5. The Morgan fingerprint density at radius 2 is 2.33 bits per heavy atom. The number of halogens is 2. The van der Waals surface area contributed by atoms with Crippen molar-refractivity contribution in [2.45, 2.75) is 13.0 Å². The van der Waals surface area contributed by atoms with E-state index < -0.39 is 18.9 Å². The van der Waals surface area contributed by atoms with Gasteiger partial charge in [-0.25, -0.2) is 13.6 Å². The Morgan fingerprint density at radius 1 is 1.60 bits per heavy atom. The second-order valence-corrected chi connectivity index (χ2v) is 2.78. The zero-order valence-electron chi connectivity index (χ0n) is 8.13. The van der Waals surface area contributed by atoms with Crippen molar-refractivity contribution in [2.24, 2.45) is 0 Å². The Hall–Kier alpha value is -1.43. The van der Waals surface area contributed by atoms with Crippen LogP contribution in [0.25, 0.3) is 0 Å². The lowest BCUT2D eigenvalue weighted by Crippen LogP contribution is -2.20. The number of alkyl halides is 2. The van der Waals surface area contributed by atoms with Gasteiger partial charge in [0.2, 0.25) is 5.76 Å². The highest BCUT2D eigenvalue weighted by atomic mass is 19.3. The first kappa shape index (κ1) is 11.6. The molecule has 0 aliphatic heterocycles. The van der Waals surface area contributed by atoms with E-state index >= 15 is 0 Å². The molecular formula is C9H11F2NO3. The van der Waals surface area contributed by atoms with E-state index in [1.807, 2.05) is 0 Å². The van der Waals surface area contributed by atoms with Crippen molar-refractivity contribution in [1.82, 2.24) is 5.32 Å². The van der Waals surface area contributed by atoms with Crippen molar-refractivity contribution in [2.75, 3.05) is 13.7 Å². The van der Waals surface area contributed by atoms with Crippen molar-refractivity contribution in [3.63, 3.8) is 0 Å². The number of nitrogens with one attached hydrogen (secondary N) is 1. The van der Waals surface area contributed by atoms with E-state index in [2.05, 4.69) is 10.1 Å². The van der Waals surface area contributed by atoms with Crippen molar-refractivity contribution in [3.05, 3.63) is 23.7 Å². The molecule has 4 nitrogen and oxygen atoms in total. The van der Waals surface area contributed by atoms with Gasteiger partial charge in [-0.15, -0.1) is 0 Å². The van der Waals surface area contributed by atoms with Crippen LogP contribution in [0.4, 0.5) is 8.78 Å². The molecule has 1 N–H and O–H groups in total. The maximum Gasteiger partial charge on any atom is 0.373 e. The molecule has 1 aromatic heterocycles. The lowest BCUT2D eigenvalue weighted by Gasteiger charge is -2.00. The molecule has 0 amide bonds. The molecule has 0 saturated heterocycles. The summed E-state index contributed by atoms with van der Waals surface area (Å²) in [7, 11) is 1.24. The smallest absolute Gasteiger partial charge is 0.373 e. The Bertz CT molecular complexity index is 325. The van der Waals surface area contributed by atoms with Gasteiger partial charge in [-0.05, 0) is 12.1 Å². The lowest BCUT2D eigenvalue weighted by molar-refractivity contribution is 0.0562. The molecule has 0 unspecified atom stereocenters. The molecule has 84 valence electrons. The Morgan fingerprint density at radius 3 is 2.93 bits per heavy atom. The fraction of sp³-hybridized carbons (Fsp3) is 0.444. The lowest BCUT2D eigenvalue weighted by atomic mass is 10.4. The summed E-state index contributed by atoms with van der Waals surface area (Å²) in [5.41, 5.74) is 0. The van der Waals surface area contributed by atoms with E-state index in [-0.39, 0.29) is 12.3 Å². The minimum atomic E-state index is -2.40. The number of carbonyl (C=O) groups is 1. The third-order valence-electron chi connectivity index (χ3n) is 1.65. The quantitative estimate of drug-likeness (QED) is 0.761. The summed E-state index contributed by atoms with van der Waals surface area (Å²) < 4.78 is 33.0. The third kappa shape index (κ3) is 3.67. The first-order valence-electron chi connectivity index (χ1n) is 4.29. The monoisotopic (exact) mass is 219 g/mol. The molecular weight excluding hydrogens is 208 g/mol. The molecule has 0 fully saturated rings. The molecule has 0 radical (unpaired) electrons. The normalized spacial score (nSPS) is 10.7. The van der Waals surface area contributed by atoms with E-state index in [0.717, 1.165) is 0 Å². The van der Waals surface area contributed by atoms with Crippen LogP contribution < -0.4 is 5.32 Å². The Kier molecular flexibility index (Phi) is 4.23. The average Bonchev–Trinajstić information content (AvgIpc) is 2.65. The molecule has 1 aromatic rings. The summed E-state index contributed by atoms with van der Waals surface area (Å²) in [5, 5.41) is 2.48. The maximum absolute atomic E-state index is 11.8. The van der Waals surface area contributed by atoms with E-state index in [1.54, 1.807) is 0 Å². The van der Waals surface area contributed by atoms with Gasteiger partial charge in [0.15, 0.2) is 0 Å². The number of methoxy groups -OCH3 is 1. The average molecular weight is 219 g/mol. The minimum absolute atomic E-state index is 0.0614. The molecule has 0 aliphatic rings. The SMILES string of the molecule is COC(=O)c1ccc(CNCC(F)F)o1. The van der Waals surface area contributed by atoms with Gasteiger partial charge in [-0.2, -0.15) is 0 Å². The van der Waals surface area contributed by atoms with Crippen LogP contribution in [0.15, 0.2) is 16.5 Å². The number of hydrogen-bond donors (Lipinski definition) is 1. The minimum Gasteiger partial charge on any atom is -0.463 e. The number of furan rings is 1. The topological polar surface area (TPSA) is 51.5 Å². The molecule has 1 heterocycles. The Labute approximate surface area is 85.2 Å².